The van der Waals surface area contributed by atoms with E-state index in [1.54, 1.807) is 5.54 Å². The number of hydrogen-bond donors (Lipinski definition) is 1. The number of hydrogen-bond acceptors (Lipinski definition) is 2. The van der Waals surface area contributed by atoms with Crippen LogP contribution >= 0.6 is 23.4 Å². The number of rotatable bonds is 5. The number of benzene rings is 1. The highest BCUT2D eigenvalue weighted by molar-refractivity contribution is 7.99. The van der Waals surface area contributed by atoms with Crippen molar-refractivity contribution in [3.63, 3.8) is 0 Å². The van der Waals surface area contributed by atoms with E-state index >= 15 is 0 Å². The van der Waals surface area contributed by atoms with Crippen LogP contribution in [0.5, 0.6) is 0 Å². The molecule has 0 bridgehead atoms. The van der Waals surface area contributed by atoms with Crippen molar-refractivity contribution in [3.8, 4) is 0 Å². The Bertz CT molecular complexity index is 336. The van der Waals surface area contributed by atoms with Crippen LogP contribution in [-0.4, -0.2) is 12.8 Å². The summed E-state index contributed by atoms with van der Waals surface area (Å²) in [7, 11) is 1.96. The molecule has 0 aromatic heterocycles. The largest absolute Gasteiger partial charge is 0.316 e. The second-order valence-electron chi connectivity index (χ2n) is 3.42. The first-order valence-electron chi connectivity index (χ1n) is 4.88. The Hall–Kier alpha value is -0.440. The van der Waals surface area contributed by atoms with E-state index in [9.17, 15) is 0 Å². The lowest BCUT2D eigenvalue weighted by Crippen LogP contribution is -2.04. The van der Waals surface area contributed by atoms with E-state index in [0.717, 1.165) is 12.3 Å². The molecule has 0 radical (unpaired) electrons. The third kappa shape index (κ3) is 4.74. The van der Waals surface area contributed by atoms with Gasteiger partial charge in [0.1, 0.15) is 0 Å². The summed E-state index contributed by atoms with van der Waals surface area (Å²) in [6.45, 7) is 2.95. The molecule has 0 aliphatic carbocycles. The standard InChI is InChI=1S/C12H16ClNS/c1-10(7-13)9-15-12-5-3-4-11(6-12)8-14-2/h3-7,14H,8-9H2,1-2H3/b10-7+. The molecule has 1 N–H and O–H groups in total. The van der Waals surface area contributed by atoms with E-state index in [1.807, 2.05) is 25.7 Å². The molecule has 0 amide bonds. The van der Waals surface area contributed by atoms with Crippen LogP contribution in [0.25, 0.3) is 0 Å². The zero-order valence-corrected chi connectivity index (χ0v) is 10.7. The molecular weight excluding hydrogens is 226 g/mol. The minimum absolute atomic E-state index is 0.915. The van der Waals surface area contributed by atoms with Crippen LogP contribution in [0.3, 0.4) is 0 Å². The number of nitrogens with one attached hydrogen (secondary N) is 1. The molecule has 1 aromatic carbocycles. The first kappa shape index (κ1) is 12.6. The molecule has 3 heteroatoms. The number of thioether (sulfide) groups is 1. The Morgan fingerprint density at radius 3 is 3.00 bits per heavy atom. The monoisotopic (exact) mass is 241 g/mol. The second-order valence-corrected chi connectivity index (χ2v) is 4.69. The molecular formula is C12H16ClNS. The highest BCUT2D eigenvalue weighted by atomic mass is 35.5. The Balaban J connectivity index is 2.57. The van der Waals surface area contributed by atoms with Crippen molar-refractivity contribution in [3.05, 3.63) is 40.9 Å². The lowest BCUT2D eigenvalue weighted by Gasteiger charge is -2.04. The van der Waals surface area contributed by atoms with Gasteiger partial charge in [0, 0.05) is 22.7 Å². The van der Waals surface area contributed by atoms with Crippen molar-refractivity contribution in [1.82, 2.24) is 5.32 Å². The molecule has 0 spiro atoms. The van der Waals surface area contributed by atoms with E-state index in [0.29, 0.717) is 0 Å². The Kier molecular flexibility index (Phi) is 5.84. The van der Waals surface area contributed by atoms with Gasteiger partial charge in [0.15, 0.2) is 0 Å². The predicted octanol–water partition coefficient (Wildman–Crippen LogP) is 3.64. The summed E-state index contributed by atoms with van der Waals surface area (Å²) >= 11 is 7.43. The normalized spacial score (nSPS) is 11.8. The van der Waals surface area contributed by atoms with Crippen LogP contribution < -0.4 is 5.32 Å². The van der Waals surface area contributed by atoms with Gasteiger partial charge in [-0.25, -0.2) is 0 Å². The van der Waals surface area contributed by atoms with E-state index < -0.39 is 0 Å². The van der Waals surface area contributed by atoms with E-state index in [1.165, 1.54) is 16.0 Å². The molecule has 0 heterocycles. The summed E-state index contributed by atoms with van der Waals surface area (Å²) in [5.74, 6) is 0.951. The third-order valence-electron chi connectivity index (χ3n) is 1.93. The summed E-state index contributed by atoms with van der Waals surface area (Å²) in [6.07, 6.45) is 0. The molecule has 0 saturated carbocycles. The highest BCUT2D eigenvalue weighted by Gasteiger charge is 1.97. The van der Waals surface area contributed by atoms with E-state index in [2.05, 4.69) is 29.6 Å². The van der Waals surface area contributed by atoms with Crippen molar-refractivity contribution >= 4 is 23.4 Å². The van der Waals surface area contributed by atoms with Crippen molar-refractivity contribution in [1.29, 1.82) is 0 Å². The zero-order valence-electron chi connectivity index (χ0n) is 9.09. The van der Waals surface area contributed by atoms with Gasteiger partial charge in [0.25, 0.3) is 0 Å². The van der Waals surface area contributed by atoms with Crippen molar-refractivity contribution in [2.75, 3.05) is 12.8 Å². The molecule has 0 fully saturated rings. The number of halogens is 1. The molecule has 1 aromatic rings. The van der Waals surface area contributed by atoms with Gasteiger partial charge in [0.05, 0.1) is 0 Å². The van der Waals surface area contributed by atoms with Crippen LogP contribution in [0.1, 0.15) is 12.5 Å². The van der Waals surface area contributed by atoms with Crippen LogP contribution in [0.2, 0.25) is 0 Å². The van der Waals surface area contributed by atoms with Gasteiger partial charge in [-0.05, 0) is 31.7 Å². The summed E-state index contributed by atoms with van der Waals surface area (Å²) in [5, 5.41) is 3.15. The average molecular weight is 242 g/mol. The lowest BCUT2D eigenvalue weighted by molar-refractivity contribution is 0.815. The fraction of sp³-hybridized carbons (Fsp3) is 0.333. The van der Waals surface area contributed by atoms with Gasteiger partial charge >= 0.3 is 0 Å². The molecule has 0 aliphatic rings. The third-order valence-corrected chi connectivity index (χ3v) is 3.49. The average Bonchev–Trinajstić information content (AvgIpc) is 2.27. The van der Waals surface area contributed by atoms with Crippen LogP contribution in [0.4, 0.5) is 0 Å². The second kappa shape index (κ2) is 6.94. The molecule has 0 atom stereocenters. The molecule has 0 aliphatic heterocycles. The summed E-state index contributed by atoms with van der Waals surface area (Å²) < 4.78 is 0. The summed E-state index contributed by atoms with van der Waals surface area (Å²) in [6, 6.07) is 8.56. The van der Waals surface area contributed by atoms with Gasteiger partial charge in [-0.2, -0.15) is 0 Å². The van der Waals surface area contributed by atoms with Gasteiger partial charge in [-0.3, -0.25) is 0 Å². The molecule has 1 rings (SSSR count). The van der Waals surface area contributed by atoms with Gasteiger partial charge in [-0.15, -0.1) is 11.8 Å². The van der Waals surface area contributed by atoms with Crippen LogP contribution in [0, 0.1) is 0 Å². The van der Waals surface area contributed by atoms with Gasteiger partial charge in [-0.1, -0.05) is 29.3 Å². The first-order valence-corrected chi connectivity index (χ1v) is 6.30. The lowest BCUT2D eigenvalue weighted by atomic mass is 10.2. The Labute approximate surface area is 101 Å². The predicted molar refractivity (Wildman–Crippen MR) is 69.5 cm³/mol. The summed E-state index contributed by atoms with van der Waals surface area (Å²) in [4.78, 5) is 1.29. The molecule has 82 valence electrons. The Morgan fingerprint density at radius 2 is 2.33 bits per heavy atom. The molecule has 15 heavy (non-hydrogen) atoms. The van der Waals surface area contributed by atoms with Gasteiger partial charge in [0.2, 0.25) is 0 Å². The summed E-state index contributed by atoms with van der Waals surface area (Å²) in [5.41, 5.74) is 4.15. The highest BCUT2D eigenvalue weighted by Crippen LogP contribution is 2.21. The van der Waals surface area contributed by atoms with Gasteiger partial charge < -0.3 is 5.32 Å². The molecule has 0 saturated heterocycles. The fourth-order valence-corrected chi connectivity index (χ4v) is 2.23. The van der Waals surface area contributed by atoms with Crippen LogP contribution in [-0.2, 0) is 6.54 Å². The Morgan fingerprint density at radius 1 is 1.53 bits per heavy atom. The molecule has 0 unspecified atom stereocenters. The van der Waals surface area contributed by atoms with Crippen molar-refractivity contribution < 1.29 is 0 Å². The maximum atomic E-state index is 5.61. The van der Waals surface area contributed by atoms with E-state index in [-0.39, 0.29) is 0 Å². The first-order chi connectivity index (χ1) is 7.26. The topological polar surface area (TPSA) is 12.0 Å². The maximum Gasteiger partial charge on any atom is 0.0202 e. The minimum atomic E-state index is 0.915. The van der Waals surface area contributed by atoms with E-state index in [4.69, 9.17) is 11.6 Å². The zero-order chi connectivity index (χ0) is 11.1. The minimum Gasteiger partial charge on any atom is -0.316 e. The maximum absolute atomic E-state index is 5.61. The van der Waals surface area contributed by atoms with Crippen molar-refractivity contribution in [2.45, 2.75) is 18.4 Å². The van der Waals surface area contributed by atoms with Crippen LogP contribution in [0.15, 0.2) is 40.3 Å². The van der Waals surface area contributed by atoms with Crippen molar-refractivity contribution in [2.24, 2.45) is 0 Å². The smallest absolute Gasteiger partial charge is 0.0202 e. The molecule has 1 nitrogen and oxygen atoms in total. The fourth-order valence-electron chi connectivity index (χ4n) is 1.18. The quantitative estimate of drug-likeness (QED) is 0.790. The SMILES string of the molecule is CNCc1cccc(SC/C(C)=C/Cl)c1.